The Hall–Kier alpha value is -1.51. The number of carbonyl (C=O) groups is 2. The molecule has 0 radical (unpaired) electrons. The zero-order valence-corrected chi connectivity index (χ0v) is 40.4. The second kappa shape index (κ2) is 40.6. The second-order valence-corrected chi connectivity index (χ2v) is 19.4. The zero-order valence-electron chi connectivity index (χ0n) is 39.5. The number of likely N-dealkylation sites (N-methyl/N-ethyl adjacent to an activating group) is 1. The molecule has 3 atom stereocenters. The first-order valence-corrected chi connectivity index (χ1v) is 26.1. The van der Waals surface area contributed by atoms with Gasteiger partial charge in [0.25, 0.3) is 7.82 Å². The summed E-state index contributed by atoms with van der Waals surface area (Å²) >= 11 is 0. The Balaban J connectivity index is 5.47. The van der Waals surface area contributed by atoms with E-state index in [1.54, 1.807) is 0 Å². The molecule has 0 spiro atoms. The van der Waals surface area contributed by atoms with Gasteiger partial charge in [-0.15, -0.1) is 0 Å². The minimum atomic E-state index is -4.68. The van der Waals surface area contributed by atoms with Gasteiger partial charge in [-0.05, 0) is 51.0 Å². The normalized spacial score (nSPS) is 14.2. The summed E-state index contributed by atoms with van der Waals surface area (Å²) in [5.74, 6) is -0.550. The molecule has 1 N–H and O–H groups in total. The van der Waals surface area contributed by atoms with E-state index in [9.17, 15) is 19.0 Å². The lowest BCUT2D eigenvalue weighted by molar-refractivity contribution is -0.870. The van der Waals surface area contributed by atoms with Crippen LogP contribution in [-0.2, 0) is 27.9 Å². The maximum atomic E-state index is 13.3. The summed E-state index contributed by atoms with van der Waals surface area (Å²) in [6.45, 7) is 6.77. The van der Waals surface area contributed by atoms with Crippen LogP contribution in [-0.4, -0.2) is 69.4 Å². The second-order valence-electron chi connectivity index (χ2n) is 18.0. The quantitative estimate of drug-likeness (QED) is 0.0213. The highest BCUT2D eigenvalue weighted by atomic mass is 31.2. The van der Waals surface area contributed by atoms with Crippen LogP contribution in [0.2, 0.25) is 0 Å². The minimum absolute atomic E-state index is 0.0210. The predicted molar refractivity (Wildman–Crippen MR) is 247 cm³/mol. The van der Waals surface area contributed by atoms with Gasteiger partial charge in [0.1, 0.15) is 19.3 Å². The highest BCUT2D eigenvalue weighted by Gasteiger charge is 2.27. The van der Waals surface area contributed by atoms with Gasteiger partial charge < -0.3 is 28.5 Å². The maximum absolute atomic E-state index is 13.3. The van der Waals surface area contributed by atoms with Crippen LogP contribution in [0.5, 0.6) is 0 Å². The molecule has 0 bridgehead atoms. The Bertz CT molecular complexity index is 1080. The van der Waals surface area contributed by atoms with Gasteiger partial charge in [0.2, 0.25) is 5.91 Å². The highest BCUT2D eigenvalue weighted by molar-refractivity contribution is 7.45. The predicted octanol–water partition coefficient (Wildman–Crippen LogP) is 13.2. The Morgan fingerprint density at radius 3 is 1.49 bits per heavy atom. The van der Waals surface area contributed by atoms with Crippen molar-refractivity contribution < 1.29 is 37.3 Å². The van der Waals surface area contributed by atoms with E-state index >= 15 is 0 Å². The van der Waals surface area contributed by atoms with E-state index in [2.05, 4.69) is 38.2 Å². The number of esters is 1. The van der Waals surface area contributed by atoms with Crippen molar-refractivity contribution in [2.24, 2.45) is 0 Å². The number of rotatable bonds is 44. The molecule has 1 amide bonds. The van der Waals surface area contributed by atoms with Crippen LogP contribution < -0.4 is 10.2 Å². The number of hydrogen-bond acceptors (Lipinski definition) is 7. The van der Waals surface area contributed by atoms with Gasteiger partial charge in [0, 0.05) is 12.8 Å². The van der Waals surface area contributed by atoms with Crippen LogP contribution in [0.3, 0.4) is 0 Å². The van der Waals surface area contributed by atoms with E-state index in [0.29, 0.717) is 17.4 Å². The van der Waals surface area contributed by atoms with Crippen LogP contribution in [0, 0.1) is 0 Å². The molecule has 0 aromatic carbocycles. The Kier molecular flexibility index (Phi) is 39.5. The fraction of sp³-hybridized carbons (Fsp3) is 0.878. The van der Waals surface area contributed by atoms with Crippen LogP contribution in [0.4, 0.5) is 0 Å². The Labute approximate surface area is 364 Å². The zero-order chi connectivity index (χ0) is 43.7. The topological polar surface area (TPSA) is 114 Å². The molecule has 0 aliphatic rings. The van der Waals surface area contributed by atoms with Crippen LogP contribution >= 0.6 is 7.82 Å². The summed E-state index contributed by atoms with van der Waals surface area (Å²) < 4.78 is 30.0. The summed E-state index contributed by atoms with van der Waals surface area (Å²) in [7, 11) is 1.18. The van der Waals surface area contributed by atoms with Crippen molar-refractivity contribution in [3.63, 3.8) is 0 Å². The number of nitrogens with zero attached hydrogens (tertiary/aromatic N) is 1. The van der Waals surface area contributed by atoms with E-state index in [1.807, 2.05) is 33.3 Å². The average molecular weight is 855 g/mol. The summed E-state index contributed by atoms with van der Waals surface area (Å²) in [4.78, 5) is 39.5. The summed E-state index contributed by atoms with van der Waals surface area (Å²) in [5, 5.41) is 3.00. The number of nitrogens with one attached hydrogen (secondary N) is 1. The number of allylic oxidation sites excluding steroid dienone is 3. The van der Waals surface area contributed by atoms with Crippen molar-refractivity contribution in [1.29, 1.82) is 0 Å². The maximum Gasteiger partial charge on any atom is 0.306 e. The third-order valence-electron chi connectivity index (χ3n) is 10.9. The Morgan fingerprint density at radius 1 is 0.576 bits per heavy atom. The van der Waals surface area contributed by atoms with Crippen molar-refractivity contribution in [1.82, 2.24) is 5.32 Å². The molecule has 0 fully saturated rings. The van der Waals surface area contributed by atoms with Gasteiger partial charge in [-0.2, -0.15) is 0 Å². The largest absolute Gasteiger partial charge is 0.756 e. The molecule has 10 heteroatoms. The molecule has 0 aromatic rings. The minimum Gasteiger partial charge on any atom is -0.756 e. The molecular weight excluding hydrogens is 760 g/mol. The first kappa shape index (κ1) is 57.5. The number of phosphoric acid groups is 1. The molecule has 348 valence electrons. The summed E-state index contributed by atoms with van der Waals surface area (Å²) in [6, 6.07) is -0.881. The van der Waals surface area contributed by atoms with Crippen LogP contribution in [0.15, 0.2) is 24.3 Å². The van der Waals surface area contributed by atoms with Gasteiger partial charge in [-0.3, -0.25) is 14.2 Å². The number of carbonyl (C=O) groups excluding carboxylic acids is 2. The number of phosphoric ester groups is 1. The lowest BCUT2D eigenvalue weighted by Crippen LogP contribution is -2.47. The third kappa shape index (κ3) is 41.6. The third-order valence-corrected chi connectivity index (χ3v) is 11.8. The lowest BCUT2D eigenvalue weighted by atomic mass is 10.0. The molecular formula is C49H95N2O7P. The van der Waals surface area contributed by atoms with Gasteiger partial charge in [-0.25, -0.2) is 0 Å². The number of ether oxygens (including phenoxy) is 1. The molecule has 0 aromatic heterocycles. The molecule has 0 saturated carbocycles. The molecule has 9 nitrogen and oxygen atoms in total. The van der Waals surface area contributed by atoms with Gasteiger partial charge >= 0.3 is 5.97 Å². The van der Waals surface area contributed by atoms with Crippen molar-refractivity contribution in [3.05, 3.63) is 24.3 Å². The highest BCUT2D eigenvalue weighted by Crippen LogP contribution is 2.38. The Morgan fingerprint density at radius 2 is 1.00 bits per heavy atom. The van der Waals surface area contributed by atoms with E-state index in [4.69, 9.17) is 13.8 Å². The van der Waals surface area contributed by atoms with Crippen molar-refractivity contribution in [2.75, 3.05) is 40.9 Å². The number of hydrogen-bond donors (Lipinski definition) is 1. The molecule has 3 unspecified atom stereocenters. The van der Waals surface area contributed by atoms with E-state index in [-0.39, 0.29) is 31.5 Å². The molecule has 0 aliphatic heterocycles. The SMILES string of the molecule is CCCC/C=C\CCCCCCCC(=O)OC(/C=C/CCCCCCCCCCC)C(COP(=O)([O-])OCC[N+](C)(C)C)NC(=O)CCCCCCCCCCCCC. The van der Waals surface area contributed by atoms with Gasteiger partial charge in [-0.1, -0.05) is 187 Å². The molecule has 0 heterocycles. The van der Waals surface area contributed by atoms with Crippen molar-refractivity contribution >= 4 is 19.7 Å². The first-order chi connectivity index (χ1) is 28.4. The fourth-order valence-electron chi connectivity index (χ4n) is 6.97. The molecule has 59 heavy (non-hydrogen) atoms. The monoisotopic (exact) mass is 855 g/mol. The molecule has 0 aliphatic carbocycles. The standard InChI is InChI=1S/C49H95N2O7P/c1-7-10-13-16-19-22-25-28-31-34-37-40-47(58-49(53)42-39-36-33-30-27-24-21-18-15-12-9-3)46(45-57-59(54,55)56-44-43-51(4,5)6)50-48(52)41-38-35-32-29-26-23-20-17-14-11-8-2/h18,21,37,40,46-47H,7-17,19-20,22-36,38-39,41-45H2,1-6H3,(H-,50,52,54,55)/b21-18-,40-37+. The first-order valence-electron chi connectivity index (χ1n) is 24.6. The lowest BCUT2D eigenvalue weighted by Gasteiger charge is -2.30. The van der Waals surface area contributed by atoms with Gasteiger partial charge in [0.05, 0.1) is 33.8 Å². The molecule has 0 rings (SSSR count). The fourth-order valence-corrected chi connectivity index (χ4v) is 7.69. The summed E-state index contributed by atoms with van der Waals surface area (Å²) in [5.41, 5.74) is 0. The van der Waals surface area contributed by atoms with Crippen molar-refractivity contribution in [2.45, 2.75) is 238 Å². The van der Waals surface area contributed by atoms with Crippen molar-refractivity contribution in [3.8, 4) is 0 Å². The van der Waals surface area contributed by atoms with E-state index < -0.39 is 20.0 Å². The number of unbranched alkanes of at least 4 members (excludes halogenated alkanes) is 26. The van der Waals surface area contributed by atoms with Crippen LogP contribution in [0.1, 0.15) is 226 Å². The average Bonchev–Trinajstić information content (AvgIpc) is 3.18. The number of quaternary nitrogens is 1. The van der Waals surface area contributed by atoms with Gasteiger partial charge in [0.15, 0.2) is 0 Å². The smallest absolute Gasteiger partial charge is 0.306 e. The summed E-state index contributed by atoms with van der Waals surface area (Å²) in [6.07, 6.45) is 42.8. The molecule has 0 saturated heterocycles. The van der Waals surface area contributed by atoms with E-state index in [1.165, 1.54) is 109 Å². The number of amides is 1. The van der Waals surface area contributed by atoms with E-state index in [0.717, 1.165) is 83.5 Å². The van der Waals surface area contributed by atoms with Crippen LogP contribution in [0.25, 0.3) is 0 Å².